The highest BCUT2D eigenvalue weighted by Crippen LogP contribution is 2.29. The van der Waals surface area contributed by atoms with E-state index in [1.807, 2.05) is 18.2 Å². The smallest absolute Gasteiger partial charge is 0.161 e. The molecule has 1 aromatic rings. The van der Waals surface area contributed by atoms with Gasteiger partial charge >= 0.3 is 0 Å². The molecule has 0 aliphatic carbocycles. The Balaban J connectivity index is 0.00000256. The van der Waals surface area contributed by atoms with Crippen LogP contribution < -0.4 is 20.5 Å². The lowest BCUT2D eigenvalue weighted by atomic mass is 10.1. The van der Waals surface area contributed by atoms with Gasteiger partial charge in [0.15, 0.2) is 11.5 Å². The largest absolute Gasteiger partial charge is 0.493 e. The van der Waals surface area contributed by atoms with E-state index in [0.717, 1.165) is 23.6 Å². The van der Waals surface area contributed by atoms with Gasteiger partial charge in [0, 0.05) is 19.1 Å². The van der Waals surface area contributed by atoms with E-state index in [2.05, 4.69) is 12.2 Å². The van der Waals surface area contributed by atoms with Crippen LogP contribution in [0.2, 0.25) is 0 Å². The van der Waals surface area contributed by atoms with Gasteiger partial charge in [-0.25, -0.2) is 0 Å². The maximum atomic E-state index is 5.45. The van der Waals surface area contributed by atoms with E-state index < -0.39 is 0 Å². The first-order valence-corrected chi connectivity index (χ1v) is 5.38. The lowest BCUT2D eigenvalue weighted by Crippen LogP contribution is -2.25. The molecule has 0 spiro atoms. The summed E-state index contributed by atoms with van der Waals surface area (Å²) in [6, 6.07) is 6.17. The number of nitrogens with two attached hydrogens (primary N) is 1. The number of ether oxygens (including phenoxy) is 2. The minimum Gasteiger partial charge on any atom is -0.493 e. The molecule has 0 aliphatic heterocycles. The molecule has 0 aromatic heterocycles. The Labute approximate surface area is 109 Å². The minimum absolute atomic E-state index is 0. The molecule has 1 atom stereocenters. The Morgan fingerprint density at radius 3 is 2.41 bits per heavy atom. The molecule has 0 aliphatic rings. The SMILES string of the molecule is COc1ccc(C(C)NCCN)cc1OC.Cl. The van der Waals surface area contributed by atoms with E-state index >= 15 is 0 Å². The maximum absolute atomic E-state index is 5.45. The van der Waals surface area contributed by atoms with Crippen molar-refractivity contribution in [1.29, 1.82) is 0 Å². The van der Waals surface area contributed by atoms with Crippen molar-refractivity contribution in [3.05, 3.63) is 23.8 Å². The van der Waals surface area contributed by atoms with Gasteiger partial charge in [0.1, 0.15) is 0 Å². The van der Waals surface area contributed by atoms with Gasteiger partial charge in [0.25, 0.3) is 0 Å². The first-order chi connectivity index (χ1) is 7.72. The Hall–Kier alpha value is -0.970. The third-order valence-corrected chi connectivity index (χ3v) is 2.50. The predicted molar refractivity (Wildman–Crippen MR) is 72.3 cm³/mol. The first-order valence-electron chi connectivity index (χ1n) is 5.38. The van der Waals surface area contributed by atoms with E-state index in [0.29, 0.717) is 6.54 Å². The van der Waals surface area contributed by atoms with Gasteiger partial charge in [-0.3, -0.25) is 0 Å². The molecule has 0 bridgehead atoms. The summed E-state index contributed by atoms with van der Waals surface area (Å²) in [6.07, 6.45) is 0. The second-order valence-corrected chi connectivity index (χ2v) is 3.58. The van der Waals surface area contributed by atoms with Crippen molar-refractivity contribution in [3.8, 4) is 11.5 Å². The van der Waals surface area contributed by atoms with Crippen LogP contribution in [0, 0.1) is 0 Å². The molecule has 0 saturated carbocycles. The Bertz CT molecular complexity index is 334. The minimum atomic E-state index is 0. The molecule has 0 fully saturated rings. The van der Waals surface area contributed by atoms with Crippen LogP contribution in [-0.2, 0) is 0 Å². The molecule has 0 amide bonds. The normalized spacial score (nSPS) is 11.5. The fourth-order valence-electron chi connectivity index (χ4n) is 1.54. The standard InChI is InChI=1S/C12H20N2O2.ClH/c1-9(14-7-6-13)10-4-5-11(15-2)12(8-10)16-3;/h4-5,8-9,14H,6-7,13H2,1-3H3;1H. The Kier molecular flexibility index (Phi) is 7.70. The molecule has 0 radical (unpaired) electrons. The molecule has 17 heavy (non-hydrogen) atoms. The molecule has 3 N–H and O–H groups in total. The summed E-state index contributed by atoms with van der Waals surface area (Å²) in [5.41, 5.74) is 6.61. The van der Waals surface area contributed by atoms with Gasteiger partial charge in [-0.15, -0.1) is 12.4 Å². The van der Waals surface area contributed by atoms with Gasteiger partial charge in [-0.1, -0.05) is 6.07 Å². The number of hydrogen-bond donors (Lipinski definition) is 2. The molecule has 1 rings (SSSR count). The van der Waals surface area contributed by atoms with Gasteiger partial charge in [-0.2, -0.15) is 0 Å². The highest BCUT2D eigenvalue weighted by Gasteiger charge is 2.09. The van der Waals surface area contributed by atoms with E-state index in [-0.39, 0.29) is 18.4 Å². The highest BCUT2D eigenvalue weighted by molar-refractivity contribution is 5.85. The average molecular weight is 261 g/mol. The predicted octanol–water partition coefficient (Wildman–Crippen LogP) is 1.73. The zero-order chi connectivity index (χ0) is 12.0. The van der Waals surface area contributed by atoms with Crippen molar-refractivity contribution in [2.45, 2.75) is 13.0 Å². The van der Waals surface area contributed by atoms with Crippen molar-refractivity contribution >= 4 is 12.4 Å². The van der Waals surface area contributed by atoms with Crippen molar-refractivity contribution in [1.82, 2.24) is 5.32 Å². The second-order valence-electron chi connectivity index (χ2n) is 3.58. The zero-order valence-electron chi connectivity index (χ0n) is 10.5. The third-order valence-electron chi connectivity index (χ3n) is 2.50. The molecular formula is C12H21ClN2O2. The van der Waals surface area contributed by atoms with E-state index in [9.17, 15) is 0 Å². The fraction of sp³-hybridized carbons (Fsp3) is 0.500. The van der Waals surface area contributed by atoms with Crippen LogP contribution in [0.5, 0.6) is 11.5 Å². The molecule has 0 heterocycles. The molecule has 1 unspecified atom stereocenters. The van der Waals surface area contributed by atoms with Crippen molar-refractivity contribution in [3.63, 3.8) is 0 Å². The van der Waals surface area contributed by atoms with Crippen LogP contribution in [0.1, 0.15) is 18.5 Å². The zero-order valence-corrected chi connectivity index (χ0v) is 11.3. The number of hydrogen-bond acceptors (Lipinski definition) is 4. The Morgan fingerprint density at radius 1 is 1.24 bits per heavy atom. The number of halogens is 1. The summed E-state index contributed by atoms with van der Waals surface area (Å²) >= 11 is 0. The molecule has 5 heteroatoms. The lowest BCUT2D eigenvalue weighted by molar-refractivity contribution is 0.354. The van der Waals surface area contributed by atoms with Crippen LogP contribution in [0.25, 0.3) is 0 Å². The summed E-state index contributed by atoms with van der Waals surface area (Å²) in [4.78, 5) is 0. The lowest BCUT2D eigenvalue weighted by Gasteiger charge is -2.15. The summed E-state index contributed by atoms with van der Waals surface area (Å²) in [6.45, 7) is 3.53. The van der Waals surface area contributed by atoms with Crippen LogP contribution in [0.3, 0.4) is 0 Å². The number of rotatable bonds is 6. The fourth-order valence-corrected chi connectivity index (χ4v) is 1.54. The van der Waals surface area contributed by atoms with Gasteiger partial charge in [0.2, 0.25) is 0 Å². The van der Waals surface area contributed by atoms with Crippen molar-refractivity contribution < 1.29 is 9.47 Å². The Morgan fingerprint density at radius 2 is 1.88 bits per heavy atom. The molecule has 4 nitrogen and oxygen atoms in total. The summed E-state index contributed by atoms with van der Waals surface area (Å²) in [7, 11) is 3.27. The topological polar surface area (TPSA) is 56.5 Å². The van der Waals surface area contributed by atoms with Gasteiger partial charge < -0.3 is 20.5 Å². The number of benzene rings is 1. The van der Waals surface area contributed by atoms with E-state index in [1.54, 1.807) is 14.2 Å². The summed E-state index contributed by atoms with van der Waals surface area (Å²) in [5, 5.41) is 3.32. The monoisotopic (exact) mass is 260 g/mol. The van der Waals surface area contributed by atoms with Crippen LogP contribution in [0.4, 0.5) is 0 Å². The molecule has 98 valence electrons. The van der Waals surface area contributed by atoms with Crippen molar-refractivity contribution in [2.75, 3.05) is 27.3 Å². The second kappa shape index (κ2) is 8.17. The maximum Gasteiger partial charge on any atom is 0.161 e. The third kappa shape index (κ3) is 4.42. The quantitative estimate of drug-likeness (QED) is 0.818. The highest BCUT2D eigenvalue weighted by atomic mass is 35.5. The van der Waals surface area contributed by atoms with Crippen molar-refractivity contribution in [2.24, 2.45) is 5.73 Å². The van der Waals surface area contributed by atoms with E-state index in [4.69, 9.17) is 15.2 Å². The summed E-state index contributed by atoms with van der Waals surface area (Å²) < 4.78 is 10.4. The molecule has 1 aromatic carbocycles. The average Bonchev–Trinajstić information content (AvgIpc) is 2.34. The molecular weight excluding hydrogens is 240 g/mol. The summed E-state index contributed by atoms with van der Waals surface area (Å²) in [5.74, 6) is 1.50. The van der Waals surface area contributed by atoms with E-state index in [1.165, 1.54) is 0 Å². The number of methoxy groups -OCH3 is 2. The van der Waals surface area contributed by atoms with Crippen LogP contribution in [-0.4, -0.2) is 27.3 Å². The first kappa shape index (κ1) is 16.0. The van der Waals surface area contributed by atoms with Gasteiger partial charge in [-0.05, 0) is 24.6 Å². The molecule has 0 saturated heterocycles. The van der Waals surface area contributed by atoms with Crippen LogP contribution in [0.15, 0.2) is 18.2 Å². The van der Waals surface area contributed by atoms with Crippen LogP contribution >= 0.6 is 12.4 Å². The number of nitrogens with one attached hydrogen (secondary N) is 1. The van der Waals surface area contributed by atoms with Gasteiger partial charge in [0.05, 0.1) is 14.2 Å².